The fraction of sp³-hybridized carbons (Fsp3) is 0.462. The molecule has 1 aliphatic rings. The van der Waals surface area contributed by atoms with Gasteiger partial charge in [-0.2, -0.15) is 0 Å². The Morgan fingerprint density at radius 1 is 0.941 bits per heavy atom. The fourth-order valence-electron chi connectivity index (χ4n) is 2.13. The minimum atomic E-state index is 0.147. The van der Waals surface area contributed by atoms with Gasteiger partial charge in [0.25, 0.3) is 5.91 Å². The number of benzene rings is 1. The van der Waals surface area contributed by atoms with Crippen molar-refractivity contribution in [1.82, 2.24) is 4.90 Å². The number of amides is 1. The van der Waals surface area contributed by atoms with Crippen LogP contribution in [0.4, 0.5) is 0 Å². The zero-order valence-corrected chi connectivity index (χ0v) is 12.8. The van der Waals surface area contributed by atoms with Gasteiger partial charge in [0.15, 0.2) is 0 Å². The number of carbonyl (C=O) groups is 1. The molecular formula is C13H15Br2NO. The quantitative estimate of drug-likeness (QED) is 0.733. The molecule has 2 rings (SSSR count). The third-order valence-corrected chi connectivity index (χ3v) is 3.92. The van der Waals surface area contributed by atoms with E-state index in [0.717, 1.165) is 40.4 Å². The molecule has 0 atom stereocenters. The molecule has 0 spiro atoms. The second kappa shape index (κ2) is 6.01. The lowest BCUT2D eigenvalue weighted by Gasteiger charge is -2.20. The van der Waals surface area contributed by atoms with E-state index in [1.54, 1.807) is 0 Å². The third-order valence-electron chi connectivity index (χ3n) is 3.00. The van der Waals surface area contributed by atoms with Gasteiger partial charge in [-0.1, -0.05) is 44.7 Å². The highest BCUT2D eigenvalue weighted by Gasteiger charge is 2.17. The number of carbonyl (C=O) groups excluding carboxylic acids is 1. The molecule has 1 aliphatic heterocycles. The maximum atomic E-state index is 12.3. The van der Waals surface area contributed by atoms with Crippen LogP contribution in [0.25, 0.3) is 0 Å². The number of hydrogen-bond acceptors (Lipinski definition) is 1. The molecule has 2 nitrogen and oxygen atoms in total. The maximum absolute atomic E-state index is 12.3. The predicted octanol–water partition coefficient (Wildman–Crippen LogP) is 4.23. The van der Waals surface area contributed by atoms with E-state index in [9.17, 15) is 4.79 Å². The SMILES string of the molecule is O=C(c1cc(Br)cc(Br)c1)N1CCCCCC1. The minimum absolute atomic E-state index is 0.147. The summed E-state index contributed by atoms with van der Waals surface area (Å²) in [6, 6.07) is 5.72. The van der Waals surface area contributed by atoms with Crippen molar-refractivity contribution in [3.63, 3.8) is 0 Å². The largest absolute Gasteiger partial charge is 0.339 e. The molecule has 1 aromatic rings. The molecule has 4 heteroatoms. The van der Waals surface area contributed by atoms with Crippen LogP contribution in [0.5, 0.6) is 0 Å². The van der Waals surface area contributed by atoms with E-state index in [0.29, 0.717) is 0 Å². The first-order chi connectivity index (χ1) is 8.16. The van der Waals surface area contributed by atoms with Crippen LogP contribution in [-0.2, 0) is 0 Å². The topological polar surface area (TPSA) is 20.3 Å². The van der Waals surface area contributed by atoms with Gasteiger partial charge in [-0.3, -0.25) is 4.79 Å². The van der Waals surface area contributed by atoms with Crippen molar-refractivity contribution in [2.45, 2.75) is 25.7 Å². The summed E-state index contributed by atoms with van der Waals surface area (Å²) in [7, 11) is 0. The summed E-state index contributed by atoms with van der Waals surface area (Å²) in [5.74, 6) is 0.147. The van der Waals surface area contributed by atoms with E-state index < -0.39 is 0 Å². The van der Waals surface area contributed by atoms with Gasteiger partial charge in [0.2, 0.25) is 0 Å². The molecule has 1 saturated heterocycles. The van der Waals surface area contributed by atoms with Gasteiger partial charge in [0, 0.05) is 27.6 Å². The summed E-state index contributed by atoms with van der Waals surface area (Å²) in [5.41, 5.74) is 0.758. The molecule has 0 radical (unpaired) electrons. The highest BCUT2D eigenvalue weighted by atomic mass is 79.9. The lowest BCUT2D eigenvalue weighted by Crippen LogP contribution is -2.31. The molecule has 1 amide bonds. The smallest absolute Gasteiger partial charge is 0.253 e. The Kier molecular flexibility index (Phi) is 4.62. The van der Waals surface area contributed by atoms with Crippen LogP contribution in [0, 0.1) is 0 Å². The van der Waals surface area contributed by atoms with Crippen LogP contribution >= 0.6 is 31.9 Å². The van der Waals surface area contributed by atoms with Crippen LogP contribution in [-0.4, -0.2) is 23.9 Å². The van der Waals surface area contributed by atoms with Crippen LogP contribution in [0.1, 0.15) is 36.0 Å². The molecule has 0 aliphatic carbocycles. The Bertz CT molecular complexity index is 392. The Balaban J connectivity index is 2.17. The van der Waals surface area contributed by atoms with Crippen molar-refractivity contribution in [3.05, 3.63) is 32.7 Å². The molecule has 0 N–H and O–H groups in total. The molecule has 0 aromatic heterocycles. The molecule has 17 heavy (non-hydrogen) atoms. The highest BCUT2D eigenvalue weighted by Crippen LogP contribution is 2.22. The second-order valence-corrected chi connectivity index (χ2v) is 6.20. The van der Waals surface area contributed by atoms with Crippen molar-refractivity contribution < 1.29 is 4.79 Å². The Labute approximate surface area is 119 Å². The van der Waals surface area contributed by atoms with Crippen molar-refractivity contribution >= 4 is 37.8 Å². The average molecular weight is 361 g/mol. The fourth-order valence-corrected chi connectivity index (χ4v) is 3.43. The van der Waals surface area contributed by atoms with Crippen molar-refractivity contribution in [3.8, 4) is 0 Å². The molecule has 92 valence electrons. The van der Waals surface area contributed by atoms with Gasteiger partial charge < -0.3 is 4.90 Å². The molecule has 0 bridgehead atoms. The summed E-state index contributed by atoms with van der Waals surface area (Å²) in [5, 5.41) is 0. The number of rotatable bonds is 1. The summed E-state index contributed by atoms with van der Waals surface area (Å²) < 4.78 is 1.87. The van der Waals surface area contributed by atoms with Gasteiger partial charge in [-0.25, -0.2) is 0 Å². The van der Waals surface area contributed by atoms with E-state index in [-0.39, 0.29) is 5.91 Å². The summed E-state index contributed by atoms with van der Waals surface area (Å²) in [4.78, 5) is 14.3. The highest BCUT2D eigenvalue weighted by molar-refractivity contribution is 9.11. The van der Waals surface area contributed by atoms with Crippen molar-refractivity contribution in [1.29, 1.82) is 0 Å². The standard InChI is InChI=1S/C13H15Br2NO/c14-11-7-10(8-12(15)9-11)13(17)16-5-3-1-2-4-6-16/h7-9H,1-6H2. The Morgan fingerprint density at radius 3 is 2.00 bits per heavy atom. The lowest BCUT2D eigenvalue weighted by atomic mass is 10.2. The molecular weight excluding hydrogens is 346 g/mol. The molecule has 0 unspecified atom stereocenters. The molecule has 1 heterocycles. The van der Waals surface area contributed by atoms with Gasteiger partial charge in [0.05, 0.1) is 0 Å². The number of likely N-dealkylation sites (tertiary alicyclic amines) is 1. The van der Waals surface area contributed by atoms with Crippen LogP contribution in [0.3, 0.4) is 0 Å². The van der Waals surface area contributed by atoms with Gasteiger partial charge in [-0.15, -0.1) is 0 Å². The number of halogens is 2. The molecule has 1 aromatic carbocycles. The maximum Gasteiger partial charge on any atom is 0.253 e. The zero-order chi connectivity index (χ0) is 12.3. The normalized spacial score (nSPS) is 16.7. The molecule has 0 saturated carbocycles. The van der Waals surface area contributed by atoms with E-state index in [2.05, 4.69) is 31.9 Å². The van der Waals surface area contributed by atoms with Crippen molar-refractivity contribution in [2.24, 2.45) is 0 Å². The van der Waals surface area contributed by atoms with E-state index in [4.69, 9.17) is 0 Å². The van der Waals surface area contributed by atoms with Gasteiger partial charge in [-0.05, 0) is 31.0 Å². The van der Waals surface area contributed by atoms with Crippen LogP contribution in [0.2, 0.25) is 0 Å². The summed E-state index contributed by atoms with van der Waals surface area (Å²) in [6.07, 6.45) is 4.74. The van der Waals surface area contributed by atoms with E-state index in [1.165, 1.54) is 12.8 Å². The number of hydrogen-bond donors (Lipinski definition) is 0. The summed E-state index contributed by atoms with van der Waals surface area (Å²) >= 11 is 6.84. The van der Waals surface area contributed by atoms with Crippen LogP contribution < -0.4 is 0 Å². The van der Waals surface area contributed by atoms with Crippen LogP contribution in [0.15, 0.2) is 27.1 Å². The van der Waals surface area contributed by atoms with E-state index >= 15 is 0 Å². The first-order valence-corrected chi connectivity index (χ1v) is 7.51. The monoisotopic (exact) mass is 359 g/mol. The second-order valence-electron chi connectivity index (χ2n) is 4.36. The van der Waals surface area contributed by atoms with Gasteiger partial charge >= 0.3 is 0 Å². The van der Waals surface area contributed by atoms with Gasteiger partial charge in [0.1, 0.15) is 0 Å². The third kappa shape index (κ3) is 3.55. The lowest BCUT2D eigenvalue weighted by molar-refractivity contribution is 0.0761. The first-order valence-electron chi connectivity index (χ1n) is 5.92. The number of nitrogens with zero attached hydrogens (tertiary/aromatic N) is 1. The van der Waals surface area contributed by atoms with Crippen molar-refractivity contribution in [2.75, 3.05) is 13.1 Å². The summed E-state index contributed by atoms with van der Waals surface area (Å²) in [6.45, 7) is 1.78. The first kappa shape index (κ1) is 13.1. The van der Waals surface area contributed by atoms with E-state index in [1.807, 2.05) is 23.1 Å². The zero-order valence-electron chi connectivity index (χ0n) is 9.59. The minimum Gasteiger partial charge on any atom is -0.339 e. The Hall–Kier alpha value is -0.350. The Morgan fingerprint density at radius 2 is 1.47 bits per heavy atom. The molecule has 1 fully saturated rings. The predicted molar refractivity (Wildman–Crippen MR) is 76.2 cm³/mol. The average Bonchev–Trinajstić information content (AvgIpc) is 2.55.